The number of hydrogen-bond acceptors (Lipinski definition) is 7. The van der Waals surface area contributed by atoms with Crippen LogP contribution in [0.1, 0.15) is 38.9 Å². The molecule has 0 aliphatic carbocycles. The zero-order valence-electron chi connectivity index (χ0n) is 18.9. The van der Waals surface area contributed by atoms with Gasteiger partial charge in [-0.2, -0.15) is 5.10 Å². The average molecular weight is 422 g/mol. The molecule has 3 rings (SSSR count). The number of fused-ring (bicyclic) bond motifs is 1. The monoisotopic (exact) mass is 421 g/mol. The molecule has 1 atom stereocenters. The number of nitrogens with one attached hydrogen (secondary N) is 3. The Morgan fingerprint density at radius 3 is 2.87 bits per heavy atom. The highest BCUT2D eigenvalue weighted by Gasteiger charge is 2.20. The van der Waals surface area contributed by atoms with Crippen LogP contribution in [0.4, 0.5) is 5.69 Å². The number of ether oxygens (including phenoxy) is 1. The van der Waals surface area contributed by atoms with Crippen LogP contribution in [0.25, 0.3) is 22.3 Å². The van der Waals surface area contributed by atoms with Crippen LogP contribution in [0.15, 0.2) is 36.7 Å². The molecule has 0 bridgehead atoms. The first-order valence-corrected chi connectivity index (χ1v) is 10.6. The lowest BCUT2D eigenvalue weighted by molar-refractivity contribution is 0.328. The fraction of sp³-hybridized carbons (Fsp3) is 0.391. The molecular weight excluding hydrogens is 390 g/mol. The number of aromatic nitrogens is 4. The molecule has 0 aromatic carbocycles. The van der Waals surface area contributed by atoms with Crippen LogP contribution in [-0.2, 0) is 0 Å². The first-order chi connectivity index (χ1) is 15.0. The van der Waals surface area contributed by atoms with E-state index in [2.05, 4.69) is 29.5 Å². The van der Waals surface area contributed by atoms with E-state index < -0.39 is 0 Å². The summed E-state index contributed by atoms with van der Waals surface area (Å²) in [5.74, 6) is 0.555. The summed E-state index contributed by atoms with van der Waals surface area (Å²) in [5.41, 5.74) is 5.59. The molecule has 0 fully saturated rings. The molecule has 0 aliphatic rings. The van der Waals surface area contributed by atoms with E-state index in [-0.39, 0.29) is 6.04 Å². The summed E-state index contributed by atoms with van der Waals surface area (Å²) in [6, 6.07) is 6.06. The van der Waals surface area contributed by atoms with Crippen molar-refractivity contribution in [3.05, 3.63) is 42.4 Å². The van der Waals surface area contributed by atoms with Crippen molar-refractivity contribution >= 4 is 22.4 Å². The first-order valence-electron chi connectivity index (χ1n) is 10.6. The lowest BCUT2D eigenvalue weighted by atomic mass is 10.1. The average Bonchev–Trinajstić information content (AvgIpc) is 3.12. The van der Waals surface area contributed by atoms with Crippen LogP contribution < -0.4 is 15.4 Å². The molecule has 8 nitrogen and oxygen atoms in total. The molecule has 164 valence electrons. The van der Waals surface area contributed by atoms with Crippen molar-refractivity contribution in [2.75, 3.05) is 25.5 Å². The van der Waals surface area contributed by atoms with E-state index in [1.54, 1.807) is 18.5 Å². The number of aryl methyl sites for hydroxylation is 1. The van der Waals surface area contributed by atoms with E-state index in [0.29, 0.717) is 24.7 Å². The van der Waals surface area contributed by atoms with Gasteiger partial charge in [0, 0.05) is 19.3 Å². The van der Waals surface area contributed by atoms with Crippen LogP contribution in [-0.4, -0.2) is 45.7 Å². The number of nitrogens with zero attached hydrogens (tertiary/aromatic N) is 4. The van der Waals surface area contributed by atoms with Crippen molar-refractivity contribution in [2.24, 2.45) is 0 Å². The van der Waals surface area contributed by atoms with Gasteiger partial charge in [0.2, 0.25) is 5.88 Å². The van der Waals surface area contributed by atoms with Crippen molar-refractivity contribution in [1.82, 2.24) is 25.1 Å². The number of hydrogen-bond donors (Lipinski definition) is 3. The minimum atomic E-state index is 0.227. The SMILES string of the molecule is CCOc1ncccc1-c1cc(NCC(=N)/C=C\NC)c2c(n1)c(C)nn2C(C)CC. The third-order valence-corrected chi connectivity index (χ3v) is 5.08. The molecule has 0 radical (unpaired) electrons. The van der Waals surface area contributed by atoms with E-state index in [4.69, 9.17) is 20.2 Å². The Morgan fingerprint density at radius 1 is 1.35 bits per heavy atom. The maximum Gasteiger partial charge on any atom is 0.222 e. The van der Waals surface area contributed by atoms with E-state index in [0.717, 1.165) is 40.1 Å². The highest BCUT2D eigenvalue weighted by atomic mass is 16.5. The second-order valence-electron chi connectivity index (χ2n) is 7.33. The largest absolute Gasteiger partial charge is 0.477 e. The molecule has 0 aliphatic heterocycles. The molecular formula is C23H31N7O. The third-order valence-electron chi connectivity index (χ3n) is 5.08. The molecule has 8 heteroatoms. The summed E-state index contributed by atoms with van der Waals surface area (Å²) in [6.45, 7) is 9.11. The predicted molar refractivity (Wildman–Crippen MR) is 126 cm³/mol. The molecule has 0 saturated heterocycles. The Kier molecular flexibility index (Phi) is 7.23. The highest BCUT2D eigenvalue weighted by molar-refractivity contribution is 5.98. The van der Waals surface area contributed by atoms with Crippen LogP contribution in [0.3, 0.4) is 0 Å². The fourth-order valence-electron chi connectivity index (χ4n) is 3.32. The van der Waals surface area contributed by atoms with Crippen LogP contribution in [0.2, 0.25) is 0 Å². The van der Waals surface area contributed by atoms with Crippen molar-refractivity contribution in [1.29, 1.82) is 5.41 Å². The quantitative estimate of drug-likeness (QED) is 0.421. The van der Waals surface area contributed by atoms with Gasteiger partial charge in [0.25, 0.3) is 0 Å². The van der Waals surface area contributed by atoms with Crippen LogP contribution in [0.5, 0.6) is 5.88 Å². The molecule has 3 aromatic heterocycles. The Labute approximate surface area is 183 Å². The zero-order valence-corrected chi connectivity index (χ0v) is 18.9. The van der Waals surface area contributed by atoms with Gasteiger partial charge in [-0.05, 0) is 57.7 Å². The normalized spacial score (nSPS) is 12.3. The van der Waals surface area contributed by atoms with Gasteiger partial charge < -0.3 is 20.8 Å². The van der Waals surface area contributed by atoms with Crippen molar-refractivity contribution < 1.29 is 4.74 Å². The second kappa shape index (κ2) is 10.1. The third kappa shape index (κ3) is 4.84. The molecule has 3 N–H and O–H groups in total. The van der Waals surface area contributed by atoms with Gasteiger partial charge in [-0.15, -0.1) is 0 Å². The Hall–Kier alpha value is -3.42. The maximum atomic E-state index is 8.18. The van der Waals surface area contributed by atoms with Crippen molar-refractivity contribution in [3.63, 3.8) is 0 Å². The molecule has 3 heterocycles. The van der Waals surface area contributed by atoms with Crippen LogP contribution >= 0.6 is 0 Å². The number of rotatable bonds is 10. The number of anilines is 1. The smallest absolute Gasteiger partial charge is 0.222 e. The van der Waals surface area contributed by atoms with Crippen molar-refractivity contribution in [2.45, 2.75) is 40.2 Å². The minimum absolute atomic E-state index is 0.227. The molecule has 0 saturated carbocycles. The van der Waals surface area contributed by atoms with Crippen LogP contribution in [0, 0.1) is 12.3 Å². The predicted octanol–water partition coefficient (Wildman–Crippen LogP) is 4.34. The molecule has 0 amide bonds. The summed E-state index contributed by atoms with van der Waals surface area (Å²) in [6.07, 6.45) is 6.15. The maximum absolute atomic E-state index is 8.18. The van der Waals surface area contributed by atoms with Gasteiger partial charge in [0.05, 0.1) is 41.5 Å². The summed E-state index contributed by atoms with van der Waals surface area (Å²) < 4.78 is 7.77. The number of pyridine rings is 2. The Bertz CT molecular complexity index is 1090. The van der Waals surface area contributed by atoms with Gasteiger partial charge in [-0.3, -0.25) is 4.68 Å². The molecule has 1 unspecified atom stereocenters. The Balaban J connectivity index is 2.15. The Morgan fingerprint density at radius 2 is 2.16 bits per heavy atom. The lowest BCUT2D eigenvalue weighted by Crippen LogP contribution is -2.14. The van der Waals surface area contributed by atoms with E-state index in [9.17, 15) is 0 Å². The lowest BCUT2D eigenvalue weighted by Gasteiger charge is -2.16. The fourth-order valence-corrected chi connectivity index (χ4v) is 3.32. The van der Waals surface area contributed by atoms with Gasteiger partial charge in [0.1, 0.15) is 11.0 Å². The van der Waals surface area contributed by atoms with Gasteiger partial charge in [-0.1, -0.05) is 6.92 Å². The first kappa shape index (κ1) is 22.3. The standard InChI is InChI=1S/C23H31N7O/c1-6-15(3)30-22-20(27-14-17(24)10-12-25-5)13-19(28-21(22)16(4)29-30)18-9-8-11-26-23(18)31-7-2/h8-13,15,24-25H,6-7,14H2,1-5H3,(H,27,28)/b12-10-,24-17?. The van der Waals surface area contributed by atoms with E-state index in [1.165, 1.54) is 0 Å². The summed E-state index contributed by atoms with van der Waals surface area (Å²) in [5, 5.41) is 19.3. The summed E-state index contributed by atoms with van der Waals surface area (Å²) in [7, 11) is 1.81. The van der Waals surface area contributed by atoms with E-state index in [1.807, 2.05) is 43.8 Å². The summed E-state index contributed by atoms with van der Waals surface area (Å²) >= 11 is 0. The zero-order chi connectivity index (χ0) is 22.4. The van der Waals surface area contributed by atoms with Gasteiger partial charge in [-0.25, -0.2) is 9.97 Å². The topological polar surface area (TPSA) is 101 Å². The molecule has 3 aromatic rings. The summed E-state index contributed by atoms with van der Waals surface area (Å²) in [4.78, 5) is 9.32. The molecule has 31 heavy (non-hydrogen) atoms. The second-order valence-corrected chi connectivity index (χ2v) is 7.33. The molecule has 0 spiro atoms. The van der Waals surface area contributed by atoms with Gasteiger partial charge >= 0.3 is 0 Å². The van der Waals surface area contributed by atoms with Crippen molar-refractivity contribution in [3.8, 4) is 17.1 Å². The highest BCUT2D eigenvalue weighted by Crippen LogP contribution is 2.34. The van der Waals surface area contributed by atoms with Gasteiger partial charge in [0.15, 0.2) is 0 Å². The minimum Gasteiger partial charge on any atom is -0.477 e. The van der Waals surface area contributed by atoms with E-state index >= 15 is 0 Å².